The number of hydrogen-bond donors (Lipinski definition) is 1. The number of carbonyl (C=O) groups is 1. The Balaban J connectivity index is 2.24. The van der Waals surface area contributed by atoms with Crippen molar-refractivity contribution in [3.05, 3.63) is 46.2 Å². The zero-order valence-electron chi connectivity index (χ0n) is 11.3. The van der Waals surface area contributed by atoms with Crippen LogP contribution in [0.25, 0.3) is 11.1 Å². The molecule has 1 atom stereocenters. The number of carboxylic acids is 1. The first-order valence-corrected chi connectivity index (χ1v) is 6.95. The molecular weight excluding hydrogens is 258 g/mol. The Bertz CT molecular complexity index is 572. The van der Waals surface area contributed by atoms with Gasteiger partial charge in [0, 0.05) is 6.04 Å². The van der Waals surface area contributed by atoms with E-state index in [1.807, 2.05) is 17.5 Å². The molecule has 1 aromatic carbocycles. The molecule has 2 rings (SSSR count). The van der Waals surface area contributed by atoms with Gasteiger partial charge in [0.05, 0.1) is 0 Å². The first-order chi connectivity index (χ1) is 8.99. The molecule has 0 amide bonds. The molecule has 100 valence electrons. The number of thiophene rings is 1. The van der Waals surface area contributed by atoms with Gasteiger partial charge in [-0.1, -0.05) is 24.3 Å². The van der Waals surface area contributed by atoms with Crippen molar-refractivity contribution < 1.29 is 9.90 Å². The van der Waals surface area contributed by atoms with Crippen molar-refractivity contribution in [2.75, 3.05) is 14.1 Å². The Hall–Kier alpha value is -1.65. The maximum Gasteiger partial charge on any atom is 0.345 e. The zero-order chi connectivity index (χ0) is 14.0. The molecule has 3 nitrogen and oxygen atoms in total. The molecule has 0 fully saturated rings. The third-order valence-corrected chi connectivity index (χ3v) is 4.23. The predicted octanol–water partition coefficient (Wildman–Crippen LogP) is 3.74. The van der Waals surface area contributed by atoms with Gasteiger partial charge < -0.3 is 10.0 Å². The van der Waals surface area contributed by atoms with E-state index in [1.54, 1.807) is 6.07 Å². The van der Waals surface area contributed by atoms with Gasteiger partial charge in [0.15, 0.2) is 0 Å². The molecule has 1 heterocycles. The summed E-state index contributed by atoms with van der Waals surface area (Å²) in [5, 5.41) is 10.8. The summed E-state index contributed by atoms with van der Waals surface area (Å²) in [6, 6.07) is 10.4. The van der Waals surface area contributed by atoms with E-state index in [0.29, 0.717) is 10.9 Å². The highest BCUT2D eigenvalue weighted by Crippen LogP contribution is 2.27. The zero-order valence-corrected chi connectivity index (χ0v) is 12.1. The van der Waals surface area contributed by atoms with Gasteiger partial charge in [-0.25, -0.2) is 4.79 Å². The average Bonchev–Trinajstić information content (AvgIpc) is 2.87. The number of nitrogens with zero attached hydrogens (tertiary/aromatic N) is 1. The van der Waals surface area contributed by atoms with Crippen molar-refractivity contribution in [1.29, 1.82) is 0 Å². The molecule has 0 radical (unpaired) electrons. The van der Waals surface area contributed by atoms with Crippen molar-refractivity contribution in [3.63, 3.8) is 0 Å². The third-order valence-electron chi connectivity index (χ3n) is 3.31. The van der Waals surface area contributed by atoms with Crippen LogP contribution in [0.5, 0.6) is 0 Å². The van der Waals surface area contributed by atoms with Crippen LogP contribution in [-0.4, -0.2) is 30.1 Å². The summed E-state index contributed by atoms with van der Waals surface area (Å²) in [5.41, 5.74) is 3.27. The number of benzene rings is 1. The molecule has 0 saturated carbocycles. The topological polar surface area (TPSA) is 40.5 Å². The van der Waals surface area contributed by atoms with E-state index in [4.69, 9.17) is 5.11 Å². The van der Waals surface area contributed by atoms with Crippen LogP contribution in [0, 0.1) is 0 Å². The van der Waals surface area contributed by atoms with Gasteiger partial charge in [0.2, 0.25) is 0 Å². The normalized spacial score (nSPS) is 12.6. The Kier molecular flexibility index (Phi) is 4.02. The lowest BCUT2D eigenvalue weighted by Gasteiger charge is -2.20. The molecule has 4 heteroatoms. The van der Waals surface area contributed by atoms with Crippen LogP contribution in [0.3, 0.4) is 0 Å². The number of hydrogen-bond acceptors (Lipinski definition) is 3. The van der Waals surface area contributed by atoms with Crippen LogP contribution in [0.2, 0.25) is 0 Å². The average molecular weight is 275 g/mol. The van der Waals surface area contributed by atoms with Crippen molar-refractivity contribution in [3.8, 4) is 11.1 Å². The highest BCUT2D eigenvalue weighted by atomic mass is 32.1. The standard InChI is InChI=1S/C15H17NO2S/c1-10(16(2)3)11-4-6-12(7-5-11)13-8-14(15(17)18)19-9-13/h4-10H,1-3H3,(H,17,18)/t10-/m1/s1. The fraction of sp³-hybridized carbons (Fsp3) is 0.267. The van der Waals surface area contributed by atoms with Crippen molar-refractivity contribution in [2.45, 2.75) is 13.0 Å². The Labute approximate surface area is 117 Å². The number of rotatable bonds is 4. The second-order valence-corrected chi connectivity index (χ2v) is 5.68. The first-order valence-electron chi connectivity index (χ1n) is 6.07. The van der Waals surface area contributed by atoms with Gasteiger partial charge in [0.25, 0.3) is 0 Å². The summed E-state index contributed by atoms with van der Waals surface area (Å²) in [7, 11) is 4.10. The van der Waals surface area contributed by atoms with Crippen LogP contribution in [-0.2, 0) is 0 Å². The minimum Gasteiger partial charge on any atom is -0.477 e. The largest absolute Gasteiger partial charge is 0.477 e. The fourth-order valence-corrected chi connectivity index (χ4v) is 2.61. The minimum atomic E-state index is -0.867. The van der Waals surface area contributed by atoms with E-state index in [9.17, 15) is 4.79 Å². The van der Waals surface area contributed by atoms with Gasteiger partial charge in [0.1, 0.15) is 4.88 Å². The Morgan fingerprint density at radius 3 is 2.32 bits per heavy atom. The number of carboxylic acid groups (broad SMARTS) is 1. The summed E-state index contributed by atoms with van der Waals surface area (Å²) >= 11 is 1.26. The molecule has 0 bridgehead atoms. The van der Waals surface area contributed by atoms with Gasteiger partial charge in [-0.2, -0.15) is 0 Å². The van der Waals surface area contributed by atoms with E-state index in [2.05, 4.69) is 38.1 Å². The second-order valence-electron chi connectivity index (χ2n) is 4.77. The molecular formula is C15H17NO2S. The van der Waals surface area contributed by atoms with E-state index >= 15 is 0 Å². The van der Waals surface area contributed by atoms with E-state index in [0.717, 1.165) is 11.1 Å². The maximum atomic E-state index is 10.9. The quantitative estimate of drug-likeness (QED) is 0.924. The smallest absolute Gasteiger partial charge is 0.345 e. The Morgan fingerprint density at radius 1 is 1.21 bits per heavy atom. The van der Waals surface area contributed by atoms with Crippen LogP contribution in [0.15, 0.2) is 35.7 Å². The highest BCUT2D eigenvalue weighted by Gasteiger charge is 2.10. The molecule has 19 heavy (non-hydrogen) atoms. The van der Waals surface area contributed by atoms with E-state index in [-0.39, 0.29) is 0 Å². The number of aromatic carboxylic acids is 1. The molecule has 1 aromatic heterocycles. The summed E-state index contributed by atoms with van der Waals surface area (Å²) in [6.07, 6.45) is 0. The van der Waals surface area contributed by atoms with Crippen molar-refractivity contribution in [2.24, 2.45) is 0 Å². The van der Waals surface area contributed by atoms with Crippen LogP contribution in [0.1, 0.15) is 28.2 Å². The molecule has 1 N–H and O–H groups in total. The predicted molar refractivity (Wildman–Crippen MR) is 78.8 cm³/mol. The second kappa shape index (κ2) is 5.55. The SMILES string of the molecule is C[C@H](c1ccc(-c2csc(C(=O)O)c2)cc1)N(C)C. The van der Waals surface area contributed by atoms with Crippen LogP contribution >= 0.6 is 11.3 Å². The van der Waals surface area contributed by atoms with Gasteiger partial charge >= 0.3 is 5.97 Å². The molecule has 0 aliphatic rings. The van der Waals surface area contributed by atoms with Gasteiger partial charge in [-0.15, -0.1) is 11.3 Å². The van der Waals surface area contributed by atoms with Crippen molar-refractivity contribution >= 4 is 17.3 Å². The summed E-state index contributed by atoms with van der Waals surface area (Å²) in [5.74, 6) is -0.867. The molecule has 0 saturated heterocycles. The summed E-state index contributed by atoms with van der Waals surface area (Å²) in [4.78, 5) is 13.4. The van der Waals surface area contributed by atoms with E-state index < -0.39 is 5.97 Å². The van der Waals surface area contributed by atoms with Gasteiger partial charge in [-0.3, -0.25) is 0 Å². The molecule has 0 unspecified atom stereocenters. The Morgan fingerprint density at radius 2 is 1.84 bits per heavy atom. The lowest BCUT2D eigenvalue weighted by Crippen LogP contribution is -2.16. The molecule has 0 aliphatic carbocycles. The van der Waals surface area contributed by atoms with Crippen LogP contribution in [0.4, 0.5) is 0 Å². The third kappa shape index (κ3) is 3.03. The summed E-state index contributed by atoms with van der Waals surface area (Å²) in [6.45, 7) is 2.15. The van der Waals surface area contributed by atoms with Crippen molar-refractivity contribution in [1.82, 2.24) is 4.90 Å². The summed E-state index contributed by atoms with van der Waals surface area (Å²) < 4.78 is 0. The molecule has 0 spiro atoms. The monoisotopic (exact) mass is 275 g/mol. The van der Waals surface area contributed by atoms with Gasteiger partial charge in [-0.05, 0) is 49.2 Å². The van der Waals surface area contributed by atoms with Crippen LogP contribution < -0.4 is 0 Å². The lowest BCUT2D eigenvalue weighted by atomic mass is 10.0. The fourth-order valence-electron chi connectivity index (χ4n) is 1.85. The maximum absolute atomic E-state index is 10.9. The van der Waals surface area contributed by atoms with E-state index in [1.165, 1.54) is 16.9 Å². The first kappa shape index (κ1) is 13.8. The molecule has 0 aliphatic heterocycles. The molecule has 2 aromatic rings. The minimum absolute atomic E-state index is 0.367. The lowest BCUT2D eigenvalue weighted by molar-refractivity contribution is 0.0702. The highest BCUT2D eigenvalue weighted by molar-refractivity contribution is 7.12.